The van der Waals surface area contributed by atoms with E-state index in [0.717, 1.165) is 25.8 Å². The van der Waals surface area contributed by atoms with Crippen molar-refractivity contribution in [1.82, 2.24) is 5.32 Å². The lowest BCUT2D eigenvalue weighted by atomic mass is 9.77. The minimum absolute atomic E-state index is 0.0973. The van der Waals surface area contributed by atoms with Crippen LogP contribution in [0, 0.1) is 12.7 Å². The van der Waals surface area contributed by atoms with E-state index in [0.29, 0.717) is 11.3 Å². The Labute approximate surface area is 121 Å². The zero-order valence-corrected chi connectivity index (χ0v) is 13.1. The van der Waals surface area contributed by atoms with Gasteiger partial charge in [-0.25, -0.2) is 4.39 Å². The van der Waals surface area contributed by atoms with Crippen molar-refractivity contribution in [1.29, 1.82) is 0 Å². The summed E-state index contributed by atoms with van der Waals surface area (Å²) in [4.78, 5) is 0. The van der Waals surface area contributed by atoms with E-state index in [9.17, 15) is 4.39 Å². The maximum atomic E-state index is 13.6. The molecule has 0 radical (unpaired) electrons. The van der Waals surface area contributed by atoms with Crippen LogP contribution in [0.2, 0.25) is 0 Å². The van der Waals surface area contributed by atoms with Gasteiger partial charge in [-0.05, 0) is 71.6 Å². The summed E-state index contributed by atoms with van der Waals surface area (Å²) in [5, 5.41) is 3.50. The van der Waals surface area contributed by atoms with Gasteiger partial charge in [0.25, 0.3) is 0 Å². The van der Waals surface area contributed by atoms with Crippen LogP contribution in [0.5, 0.6) is 5.75 Å². The van der Waals surface area contributed by atoms with Crippen LogP contribution >= 0.6 is 0 Å². The molecule has 1 saturated carbocycles. The molecule has 1 aromatic rings. The average Bonchev–Trinajstić information content (AvgIpc) is 2.29. The molecular weight excluding hydrogens is 253 g/mol. The second-order valence-electron chi connectivity index (χ2n) is 6.98. The first-order chi connectivity index (χ1) is 9.30. The summed E-state index contributed by atoms with van der Waals surface area (Å²) in [6.07, 6.45) is 4.30. The first kappa shape index (κ1) is 15.3. The van der Waals surface area contributed by atoms with Gasteiger partial charge in [0.05, 0.1) is 0 Å². The number of hydrogen-bond acceptors (Lipinski definition) is 2. The number of ether oxygens (including phenoxy) is 1. The lowest BCUT2D eigenvalue weighted by Gasteiger charge is -2.42. The molecule has 2 rings (SSSR count). The Morgan fingerprint density at radius 1 is 1.30 bits per heavy atom. The van der Waals surface area contributed by atoms with Gasteiger partial charge >= 0.3 is 0 Å². The van der Waals surface area contributed by atoms with Crippen LogP contribution in [-0.4, -0.2) is 17.7 Å². The molecule has 0 amide bonds. The standard InChI is InChI=1S/C17H26FNO/c1-13-6-7-14(12-15(13)18)20-17(8-5-9-17)10-11-19-16(2,3)4/h6-7,12,19H,5,8-11H2,1-4H3. The van der Waals surface area contributed by atoms with Crippen LogP contribution in [0.15, 0.2) is 18.2 Å². The van der Waals surface area contributed by atoms with Crippen LogP contribution in [0.3, 0.4) is 0 Å². The van der Waals surface area contributed by atoms with Gasteiger partial charge in [-0.15, -0.1) is 0 Å². The van der Waals surface area contributed by atoms with Gasteiger partial charge in [0.15, 0.2) is 0 Å². The Hall–Kier alpha value is -1.09. The number of hydrogen-bond donors (Lipinski definition) is 1. The Bertz CT molecular complexity index is 461. The van der Waals surface area contributed by atoms with Crippen LogP contribution in [-0.2, 0) is 0 Å². The SMILES string of the molecule is Cc1ccc(OC2(CCNC(C)(C)C)CCC2)cc1F. The topological polar surface area (TPSA) is 21.3 Å². The van der Waals surface area contributed by atoms with Gasteiger partial charge < -0.3 is 10.1 Å². The molecule has 0 spiro atoms. The molecule has 2 nitrogen and oxygen atoms in total. The summed E-state index contributed by atoms with van der Waals surface area (Å²) >= 11 is 0. The van der Waals surface area contributed by atoms with Crippen LogP contribution in [0.4, 0.5) is 4.39 Å². The number of benzene rings is 1. The fourth-order valence-electron chi connectivity index (χ4n) is 2.53. The van der Waals surface area contributed by atoms with Crippen LogP contribution < -0.4 is 10.1 Å². The van der Waals surface area contributed by atoms with Crippen molar-refractivity contribution in [2.24, 2.45) is 0 Å². The van der Waals surface area contributed by atoms with Crippen molar-refractivity contribution < 1.29 is 9.13 Å². The molecule has 0 unspecified atom stereocenters. The number of halogens is 1. The molecule has 0 atom stereocenters. The molecule has 1 N–H and O–H groups in total. The van der Waals surface area contributed by atoms with E-state index < -0.39 is 0 Å². The summed E-state index contributed by atoms with van der Waals surface area (Å²) in [6, 6.07) is 5.16. The molecule has 0 aliphatic heterocycles. The molecule has 3 heteroatoms. The number of nitrogens with one attached hydrogen (secondary N) is 1. The summed E-state index contributed by atoms with van der Waals surface area (Å²) < 4.78 is 19.7. The Morgan fingerprint density at radius 3 is 2.50 bits per heavy atom. The van der Waals surface area contributed by atoms with Gasteiger partial charge in [0, 0.05) is 11.6 Å². The van der Waals surface area contributed by atoms with E-state index >= 15 is 0 Å². The van der Waals surface area contributed by atoms with E-state index in [4.69, 9.17) is 4.74 Å². The average molecular weight is 279 g/mol. The summed E-state index contributed by atoms with van der Waals surface area (Å²) in [5.41, 5.74) is 0.690. The van der Waals surface area contributed by atoms with E-state index in [1.54, 1.807) is 13.0 Å². The van der Waals surface area contributed by atoms with Gasteiger partial charge in [-0.2, -0.15) is 0 Å². The molecular formula is C17H26FNO. The fourth-order valence-corrected chi connectivity index (χ4v) is 2.53. The highest BCUT2D eigenvalue weighted by Crippen LogP contribution is 2.39. The summed E-state index contributed by atoms with van der Waals surface area (Å²) in [7, 11) is 0. The number of rotatable bonds is 5. The predicted molar refractivity (Wildman–Crippen MR) is 80.7 cm³/mol. The Morgan fingerprint density at radius 2 is 2.00 bits per heavy atom. The number of aryl methyl sites for hydroxylation is 1. The highest BCUT2D eigenvalue weighted by Gasteiger charge is 2.39. The molecule has 0 saturated heterocycles. The maximum absolute atomic E-state index is 13.6. The molecule has 112 valence electrons. The molecule has 1 aliphatic rings. The molecule has 0 heterocycles. The third kappa shape index (κ3) is 3.95. The van der Waals surface area contributed by atoms with Crippen molar-refractivity contribution in [3.63, 3.8) is 0 Å². The minimum atomic E-state index is -0.190. The van der Waals surface area contributed by atoms with Crippen LogP contribution in [0.1, 0.15) is 52.0 Å². The largest absolute Gasteiger partial charge is 0.487 e. The van der Waals surface area contributed by atoms with E-state index in [1.807, 2.05) is 6.07 Å². The second-order valence-corrected chi connectivity index (χ2v) is 6.98. The zero-order valence-electron chi connectivity index (χ0n) is 13.1. The molecule has 0 bridgehead atoms. The first-order valence-electron chi connectivity index (χ1n) is 7.50. The lowest BCUT2D eigenvalue weighted by molar-refractivity contribution is -0.0154. The van der Waals surface area contributed by atoms with Gasteiger partial charge in [0.2, 0.25) is 0 Å². The lowest BCUT2D eigenvalue weighted by Crippen LogP contribution is -2.47. The summed E-state index contributed by atoms with van der Waals surface area (Å²) in [5.74, 6) is 0.466. The van der Waals surface area contributed by atoms with Crippen molar-refractivity contribution in [2.75, 3.05) is 6.54 Å². The molecule has 1 aliphatic carbocycles. The third-order valence-electron chi connectivity index (χ3n) is 3.98. The minimum Gasteiger partial charge on any atom is -0.487 e. The van der Waals surface area contributed by atoms with Crippen molar-refractivity contribution in [2.45, 2.75) is 64.5 Å². The molecule has 1 aromatic carbocycles. The van der Waals surface area contributed by atoms with Crippen molar-refractivity contribution >= 4 is 0 Å². The highest BCUT2D eigenvalue weighted by molar-refractivity contribution is 5.29. The Balaban J connectivity index is 1.95. The molecule has 0 aromatic heterocycles. The smallest absolute Gasteiger partial charge is 0.129 e. The van der Waals surface area contributed by atoms with E-state index in [1.165, 1.54) is 12.5 Å². The van der Waals surface area contributed by atoms with Crippen molar-refractivity contribution in [3.8, 4) is 5.75 Å². The monoisotopic (exact) mass is 279 g/mol. The van der Waals surface area contributed by atoms with Crippen LogP contribution in [0.25, 0.3) is 0 Å². The van der Waals surface area contributed by atoms with E-state index in [2.05, 4.69) is 26.1 Å². The highest BCUT2D eigenvalue weighted by atomic mass is 19.1. The van der Waals surface area contributed by atoms with Crippen molar-refractivity contribution in [3.05, 3.63) is 29.6 Å². The second kappa shape index (κ2) is 5.72. The molecule has 1 fully saturated rings. The first-order valence-corrected chi connectivity index (χ1v) is 7.50. The quantitative estimate of drug-likeness (QED) is 0.871. The van der Waals surface area contributed by atoms with E-state index in [-0.39, 0.29) is 17.0 Å². The third-order valence-corrected chi connectivity index (χ3v) is 3.98. The van der Waals surface area contributed by atoms with Gasteiger partial charge in [0.1, 0.15) is 17.2 Å². The van der Waals surface area contributed by atoms with Gasteiger partial charge in [-0.1, -0.05) is 6.07 Å². The Kier molecular flexibility index (Phi) is 4.38. The van der Waals surface area contributed by atoms with Gasteiger partial charge in [-0.3, -0.25) is 0 Å². The fraction of sp³-hybridized carbons (Fsp3) is 0.647. The molecule has 20 heavy (non-hydrogen) atoms. The zero-order chi connectivity index (χ0) is 14.8. The predicted octanol–water partition coefficient (Wildman–Crippen LogP) is 4.21. The maximum Gasteiger partial charge on any atom is 0.129 e. The normalized spacial score (nSPS) is 17.6. The summed E-state index contributed by atoms with van der Waals surface area (Å²) in [6.45, 7) is 9.19.